The van der Waals surface area contributed by atoms with E-state index in [0.717, 1.165) is 30.6 Å². The van der Waals surface area contributed by atoms with Gasteiger partial charge in [-0.1, -0.05) is 57.2 Å². The molecule has 1 fully saturated rings. The number of amides is 1. The van der Waals surface area contributed by atoms with Crippen LogP contribution in [0.4, 0.5) is 4.39 Å². The van der Waals surface area contributed by atoms with Gasteiger partial charge in [0.05, 0.1) is 11.6 Å². The first kappa shape index (κ1) is 23.7. The number of likely N-dealkylation sites (tertiary alicyclic amines) is 1. The molecule has 1 aliphatic heterocycles. The summed E-state index contributed by atoms with van der Waals surface area (Å²) in [6.45, 7) is 10.4. The molecule has 1 N–H and O–H groups in total. The van der Waals surface area contributed by atoms with E-state index in [1.165, 1.54) is 11.0 Å². The predicted molar refractivity (Wildman–Crippen MR) is 124 cm³/mol. The molecule has 0 spiro atoms. The Morgan fingerprint density at radius 1 is 1.06 bits per heavy atom. The van der Waals surface area contributed by atoms with Crippen molar-refractivity contribution >= 4 is 17.4 Å². The molecule has 0 aromatic heterocycles. The number of aryl methyl sites for hydroxylation is 2. The predicted octanol–water partition coefficient (Wildman–Crippen LogP) is 4.46. The van der Waals surface area contributed by atoms with Crippen LogP contribution in [0, 0.1) is 12.7 Å². The van der Waals surface area contributed by atoms with Crippen LogP contribution >= 0.6 is 0 Å². The van der Waals surface area contributed by atoms with Crippen molar-refractivity contribution in [3.8, 4) is 0 Å². The number of Topliss-reactive ketones (excluding diaryl/α,β-unsaturated/α-hetero) is 1. The van der Waals surface area contributed by atoms with Crippen molar-refractivity contribution in [1.82, 2.24) is 9.80 Å². The van der Waals surface area contributed by atoms with Gasteiger partial charge in [-0.3, -0.25) is 9.59 Å². The molecule has 0 bridgehead atoms. The number of aliphatic hydroxyl groups is 1. The molecule has 32 heavy (non-hydrogen) atoms. The molecular weight excluding hydrogens is 407 g/mol. The van der Waals surface area contributed by atoms with Crippen LogP contribution in [0.2, 0.25) is 0 Å². The van der Waals surface area contributed by atoms with Gasteiger partial charge in [-0.05, 0) is 49.2 Å². The number of aliphatic hydroxyl groups excluding tert-OH is 1. The largest absolute Gasteiger partial charge is 0.507 e. The van der Waals surface area contributed by atoms with Crippen LogP contribution in [0.3, 0.4) is 0 Å². The molecule has 1 heterocycles. The Bertz CT molecular complexity index is 1030. The van der Waals surface area contributed by atoms with Crippen molar-refractivity contribution in [3.63, 3.8) is 0 Å². The molecule has 6 heteroatoms. The molecular formula is C26H31FN2O3. The summed E-state index contributed by atoms with van der Waals surface area (Å²) in [5, 5.41) is 11.0. The Hall–Kier alpha value is -2.99. The average Bonchev–Trinajstić information content (AvgIpc) is 3.06. The second-order valence-electron chi connectivity index (χ2n) is 8.08. The van der Waals surface area contributed by atoms with Crippen LogP contribution in [0.15, 0.2) is 48.0 Å². The molecule has 2 aromatic carbocycles. The fraction of sp³-hybridized carbons (Fsp3) is 0.385. The van der Waals surface area contributed by atoms with E-state index in [0.29, 0.717) is 18.7 Å². The highest BCUT2D eigenvalue weighted by Gasteiger charge is 2.46. The zero-order valence-corrected chi connectivity index (χ0v) is 19.2. The minimum absolute atomic E-state index is 0.00190. The van der Waals surface area contributed by atoms with Crippen LogP contribution in [0.5, 0.6) is 0 Å². The second-order valence-corrected chi connectivity index (χ2v) is 8.08. The molecule has 1 aliphatic rings. The van der Waals surface area contributed by atoms with E-state index in [1.807, 2.05) is 38.1 Å². The molecule has 1 saturated heterocycles. The fourth-order valence-corrected chi connectivity index (χ4v) is 4.08. The van der Waals surface area contributed by atoms with Crippen LogP contribution in [0.25, 0.3) is 5.76 Å². The van der Waals surface area contributed by atoms with Gasteiger partial charge in [-0.25, -0.2) is 4.39 Å². The minimum Gasteiger partial charge on any atom is -0.507 e. The topological polar surface area (TPSA) is 60.9 Å². The third-order valence-electron chi connectivity index (χ3n) is 6.24. The first-order valence-corrected chi connectivity index (χ1v) is 11.2. The van der Waals surface area contributed by atoms with Crippen molar-refractivity contribution in [1.29, 1.82) is 0 Å². The molecule has 0 saturated carbocycles. The molecule has 3 rings (SSSR count). The zero-order valence-electron chi connectivity index (χ0n) is 19.2. The van der Waals surface area contributed by atoms with Gasteiger partial charge >= 0.3 is 0 Å². The van der Waals surface area contributed by atoms with Crippen LogP contribution in [-0.2, 0) is 16.0 Å². The molecule has 170 valence electrons. The maximum atomic E-state index is 14.2. The maximum absolute atomic E-state index is 14.2. The number of likely N-dealkylation sites (N-methyl/N-ethyl adjacent to an activating group) is 1. The van der Waals surface area contributed by atoms with Crippen LogP contribution < -0.4 is 0 Å². The number of halogens is 1. The van der Waals surface area contributed by atoms with Gasteiger partial charge in [0.1, 0.15) is 11.6 Å². The zero-order chi connectivity index (χ0) is 23.4. The summed E-state index contributed by atoms with van der Waals surface area (Å²) in [5.41, 5.74) is 2.50. The lowest BCUT2D eigenvalue weighted by Crippen LogP contribution is -2.38. The smallest absolute Gasteiger partial charge is 0.295 e. The molecule has 0 radical (unpaired) electrons. The van der Waals surface area contributed by atoms with Crippen molar-refractivity contribution in [2.24, 2.45) is 0 Å². The third-order valence-corrected chi connectivity index (χ3v) is 6.24. The third kappa shape index (κ3) is 4.60. The average molecular weight is 439 g/mol. The van der Waals surface area contributed by atoms with Crippen LogP contribution in [0.1, 0.15) is 49.1 Å². The lowest BCUT2D eigenvalue weighted by atomic mass is 9.94. The van der Waals surface area contributed by atoms with E-state index in [1.54, 1.807) is 19.1 Å². The molecule has 5 nitrogen and oxygen atoms in total. The van der Waals surface area contributed by atoms with Gasteiger partial charge in [-0.2, -0.15) is 0 Å². The summed E-state index contributed by atoms with van der Waals surface area (Å²) >= 11 is 0. The van der Waals surface area contributed by atoms with Gasteiger partial charge in [-0.15, -0.1) is 0 Å². The van der Waals surface area contributed by atoms with E-state index >= 15 is 0 Å². The second kappa shape index (κ2) is 10.1. The summed E-state index contributed by atoms with van der Waals surface area (Å²) < 4.78 is 14.2. The highest BCUT2D eigenvalue weighted by Crippen LogP contribution is 2.39. The number of benzene rings is 2. The molecule has 1 atom stereocenters. The highest BCUT2D eigenvalue weighted by molar-refractivity contribution is 6.46. The Kier molecular flexibility index (Phi) is 7.46. The quantitative estimate of drug-likeness (QED) is 0.376. The summed E-state index contributed by atoms with van der Waals surface area (Å²) in [6, 6.07) is 11.3. The van der Waals surface area contributed by atoms with Gasteiger partial charge in [0.2, 0.25) is 0 Å². The number of hydrogen-bond acceptors (Lipinski definition) is 4. The number of nitrogens with zero attached hydrogens (tertiary/aromatic N) is 2. The number of carbonyl (C=O) groups excluding carboxylic acids is 2. The van der Waals surface area contributed by atoms with Crippen molar-refractivity contribution < 1.29 is 19.1 Å². The summed E-state index contributed by atoms with van der Waals surface area (Å²) in [6.07, 6.45) is 0.866. The Labute approximate surface area is 189 Å². The van der Waals surface area contributed by atoms with E-state index in [9.17, 15) is 19.1 Å². The van der Waals surface area contributed by atoms with E-state index in [4.69, 9.17) is 0 Å². The standard InChI is InChI=1S/C26H31FN2O3/c1-5-18-9-12-19(13-10-18)23-22(24(30)20-11-8-17(4)21(27)16-20)25(31)26(32)29(23)15-14-28(6-2)7-3/h8-13,16,23,30H,5-7,14-15H2,1-4H3. The van der Waals surface area contributed by atoms with E-state index in [-0.39, 0.29) is 16.9 Å². The lowest BCUT2D eigenvalue weighted by molar-refractivity contribution is -0.140. The van der Waals surface area contributed by atoms with Crippen molar-refractivity contribution in [2.75, 3.05) is 26.2 Å². The first-order valence-electron chi connectivity index (χ1n) is 11.2. The van der Waals surface area contributed by atoms with E-state index < -0.39 is 23.5 Å². The Morgan fingerprint density at radius 2 is 1.72 bits per heavy atom. The molecule has 2 aromatic rings. The molecule has 0 aliphatic carbocycles. The molecule has 1 amide bonds. The Morgan fingerprint density at radius 3 is 2.28 bits per heavy atom. The fourth-order valence-electron chi connectivity index (χ4n) is 4.08. The summed E-state index contributed by atoms with van der Waals surface area (Å²) in [5.74, 6) is -2.21. The first-order chi connectivity index (χ1) is 15.3. The van der Waals surface area contributed by atoms with Gasteiger partial charge in [0.25, 0.3) is 11.7 Å². The lowest BCUT2D eigenvalue weighted by Gasteiger charge is -2.28. The summed E-state index contributed by atoms with van der Waals surface area (Å²) in [7, 11) is 0. The number of rotatable bonds is 8. The van der Waals surface area contributed by atoms with Crippen LogP contribution in [-0.4, -0.2) is 52.8 Å². The maximum Gasteiger partial charge on any atom is 0.295 e. The molecule has 1 unspecified atom stereocenters. The Balaban J connectivity index is 2.11. The van der Waals surface area contributed by atoms with Crippen molar-refractivity contribution in [3.05, 3.63) is 76.1 Å². The van der Waals surface area contributed by atoms with Gasteiger partial charge in [0, 0.05) is 18.7 Å². The minimum atomic E-state index is -0.743. The highest BCUT2D eigenvalue weighted by atomic mass is 19.1. The van der Waals surface area contributed by atoms with E-state index in [2.05, 4.69) is 11.8 Å². The number of carbonyl (C=O) groups is 2. The SMILES string of the molecule is CCc1ccc(C2C(=C(O)c3ccc(C)c(F)c3)C(=O)C(=O)N2CCN(CC)CC)cc1. The monoisotopic (exact) mass is 438 g/mol. The van der Waals surface area contributed by atoms with Crippen molar-refractivity contribution in [2.45, 2.75) is 40.2 Å². The number of hydrogen-bond donors (Lipinski definition) is 1. The van der Waals surface area contributed by atoms with Gasteiger partial charge in [0.15, 0.2) is 0 Å². The van der Waals surface area contributed by atoms with Gasteiger partial charge < -0.3 is 14.9 Å². The summed E-state index contributed by atoms with van der Waals surface area (Å²) in [4.78, 5) is 29.8. The normalized spacial score (nSPS) is 18.1. The number of ketones is 1.